The Morgan fingerprint density at radius 2 is 1.84 bits per heavy atom. The summed E-state index contributed by atoms with van der Waals surface area (Å²) in [5.74, 6) is 0.0625. The van der Waals surface area contributed by atoms with Crippen molar-refractivity contribution in [2.75, 3.05) is 6.54 Å². The maximum Gasteiger partial charge on any atom is 0.146 e. The van der Waals surface area contributed by atoms with Gasteiger partial charge in [0.1, 0.15) is 5.82 Å². The summed E-state index contributed by atoms with van der Waals surface area (Å²) in [5, 5.41) is 3.45. The molecule has 2 rings (SSSR count). The number of nitrogens with one attached hydrogen (secondary N) is 1. The van der Waals surface area contributed by atoms with Gasteiger partial charge in [0.05, 0.1) is 5.02 Å². The van der Waals surface area contributed by atoms with Crippen molar-refractivity contribution >= 4 is 11.6 Å². The highest BCUT2D eigenvalue weighted by Crippen LogP contribution is 2.18. The molecule has 1 unspecified atom stereocenters. The van der Waals surface area contributed by atoms with Gasteiger partial charge < -0.3 is 5.32 Å². The van der Waals surface area contributed by atoms with E-state index in [0.29, 0.717) is 18.0 Å². The molecule has 0 aliphatic carbocycles. The zero-order valence-corrected chi connectivity index (χ0v) is 11.6. The van der Waals surface area contributed by atoms with Crippen LogP contribution < -0.4 is 5.32 Å². The molecule has 0 heterocycles. The van der Waals surface area contributed by atoms with Gasteiger partial charge in [-0.2, -0.15) is 0 Å². The van der Waals surface area contributed by atoms with Crippen molar-refractivity contribution in [1.82, 2.24) is 5.32 Å². The van der Waals surface area contributed by atoms with E-state index in [1.165, 1.54) is 5.56 Å². The van der Waals surface area contributed by atoms with E-state index in [1.807, 2.05) is 18.2 Å². The molecule has 0 fully saturated rings. The lowest BCUT2D eigenvalue weighted by Gasteiger charge is -2.13. The number of halogens is 2. The van der Waals surface area contributed by atoms with Crippen molar-refractivity contribution in [1.29, 1.82) is 0 Å². The molecule has 0 amide bonds. The van der Waals surface area contributed by atoms with Gasteiger partial charge in [0, 0.05) is 18.7 Å². The fraction of sp³-hybridized carbons (Fsp3) is 0.250. The molecule has 0 aliphatic rings. The lowest BCUT2D eigenvalue weighted by atomic mass is 10.0. The van der Waals surface area contributed by atoms with Crippen LogP contribution in [0, 0.1) is 5.82 Å². The second kappa shape index (κ2) is 6.69. The monoisotopic (exact) mass is 277 g/mol. The molecule has 2 aromatic rings. The van der Waals surface area contributed by atoms with Crippen LogP contribution in [0.15, 0.2) is 48.5 Å². The summed E-state index contributed by atoms with van der Waals surface area (Å²) in [6.07, 6.45) is 0. The summed E-state index contributed by atoms with van der Waals surface area (Å²) in [7, 11) is 0. The predicted molar refractivity (Wildman–Crippen MR) is 78.0 cm³/mol. The average molecular weight is 278 g/mol. The Bertz CT molecular complexity index is 528. The lowest BCUT2D eigenvalue weighted by molar-refractivity contribution is 0.571. The summed E-state index contributed by atoms with van der Waals surface area (Å²) < 4.78 is 13.7. The van der Waals surface area contributed by atoms with Gasteiger partial charge in [-0.15, -0.1) is 0 Å². The number of rotatable bonds is 5. The van der Waals surface area contributed by atoms with Crippen LogP contribution in [0.1, 0.15) is 24.0 Å². The zero-order chi connectivity index (χ0) is 13.7. The molecule has 0 saturated carbocycles. The van der Waals surface area contributed by atoms with Crippen molar-refractivity contribution < 1.29 is 4.39 Å². The van der Waals surface area contributed by atoms with Crippen LogP contribution in [0.5, 0.6) is 0 Å². The SMILES string of the molecule is CC(CNCc1cccc(Cl)c1F)c1ccccc1. The van der Waals surface area contributed by atoms with Gasteiger partial charge in [0.2, 0.25) is 0 Å². The number of hydrogen-bond donors (Lipinski definition) is 1. The fourth-order valence-corrected chi connectivity index (χ4v) is 2.20. The Morgan fingerprint density at radius 3 is 2.58 bits per heavy atom. The first kappa shape index (κ1) is 14.0. The third-order valence-electron chi connectivity index (χ3n) is 3.17. The van der Waals surface area contributed by atoms with E-state index >= 15 is 0 Å². The van der Waals surface area contributed by atoms with Gasteiger partial charge in [-0.3, -0.25) is 0 Å². The van der Waals surface area contributed by atoms with Gasteiger partial charge in [-0.05, 0) is 17.5 Å². The summed E-state index contributed by atoms with van der Waals surface area (Å²) in [6.45, 7) is 3.44. The molecule has 0 aromatic heterocycles. The minimum Gasteiger partial charge on any atom is -0.312 e. The Balaban J connectivity index is 1.88. The van der Waals surface area contributed by atoms with Gasteiger partial charge in [0.25, 0.3) is 0 Å². The van der Waals surface area contributed by atoms with E-state index in [9.17, 15) is 4.39 Å². The van der Waals surface area contributed by atoms with E-state index in [1.54, 1.807) is 18.2 Å². The highest BCUT2D eigenvalue weighted by molar-refractivity contribution is 6.30. The minimum atomic E-state index is -0.330. The predicted octanol–water partition coefficient (Wildman–Crippen LogP) is 4.37. The second-order valence-corrected chi connectivity index (χ2v) is 5.06. The minimum absolute atomic E-state index is 0.176. The van der Waals surface area contributed by atoms with E-state index in [4.69, 9.17) is 11.6 Å². The normalized spacial score (nSPS) is 12.4. The van der Waals surface area contributed by atoms with Crippen LogP contribution in [0.4, 0.5) is 4.39 Å². The van der Waals surface area contributed by atoms with Crippen molar-refractivity contribution in [2.45, 2.75) is 19.4 Å². The van der Waals surface area contributed by atoms with Crippen LogP contribution >= 0.6 is 11.6 Å². The second-order valence-electron chi connectivity index (χ2n) is 4.66. The molecular weight excluding hydrogens is 261 g/mol. The van der Waals surface area contributed by atoms with Crippen LogP contribution in [-0.4, -0.2) is 6.54 Å². The van der Waals surface area contributed by atoms with Crippen molar-refractivity contribution in [3.63, 3.8) is 0 Å². The molecule has 3 heteroatoms. The molecule has 19 heavy (non-hydrogen) atoms. The van der Waals surface area contributed by atoms with E-state index in [0.717, 1.165) is 6.54 Å². The molecule has 1 N–H and O–H groups in total. The summed E-state index contributed by atoms with van der Waals surface area (Å²) in [4.78, 5) is 0. The summed E-state index contributed by atoms with van der Waals surface area (Å²) >= 11 is 5.75. The topological polar surface area (TPSA) is 12.0 Å². The molecule has 0 bridgehead atoms. The molecule has 2 aromatic carbocycles. The average Bonchev–Trinajstić information content (AvgIpc) is 2.44. The number of benzene rings is 2. The molecular formula is C16H17ClFN. The van der Waals surface area contributed by atoms with Gasteiger partial charge >= 0.3 is 0 Å². The van der Waals surface area contributed by atoms with E-state index < -0.39 is 0 Å². The Labute approximate surface area is 118 Å². The molecule has 0 saturated heterocycles. The maximum atomic E-state index is 13.7. The van der Waals surface area contributed by atoms with Gasteiger partial charge in [0.15, 0.2) is 0 Å². The Morgan fingerprint density at radius 1 is 1.11 bits per heavy atom. The van der Waals surface area contributed by atoms with Gasteiger partial charge in [-0.1, -0.05) is 61.0 Å². The van der Waals surface area contributed by atoms with Crippen LogP contribution in [0.25, 0.3) is 0 Å². The summed E-state index contributed by atoms with van der Waals surface area (Å²) in [6, 6.07) is 15.4. The summed E-state index contributed by atoms with van der Waals surface area (Å²) in [5.41, 5.74) is 1.88. The molecule has 1 nitrogen and oxygen atoms in total. The third-order valence-corrected chi connectivity index (χ3v) is 3.46. The Hall–Kier alpha value is -1.38. The highest BCUT2D eigenvalue weighted by atomic mass is 35.5. The third kappa shape index (κ3) is 3.79. The first-order valence-corrected chi connectivity index (χ1v) is 6.75. The number of hydrogen-bond acceptors (Lipinski definition) is 1. The van der Waals surface area contributed by atoms with Gasteiger partial charge in [-0.25, -0.2) is 4.39 Å². The first-order chi connectivity index (χ1) is 9.18. The molecule has 0 radical (unpaired) electrons. The standard InChI is InChI=1S/C16H17ClFN/c1-12(13-6-3-2-4-7-13)10-19-11-14-8-5-9-15(17)16(14)18/h2-9,12,19H,10-11H2,1H3. The van der Waals surface area contributed by atoms with Crippen LogP contribution in [0.3, 0.4) is 0 Å². The first-order valence-electron chi connectivity index (χ1n) is 6.37. The van der Waals surface area contributed by atoms with Crippen LogP contribution in [0.2, 0.25) is 5.02 Å². The highest BCUT2D eigenvalue weighted by Gasteiger charge is 2.07. The van der Waals surface area contributed by atoms with Crippen molar-refractivity contribution in [3.05, 3.63) is 70.5 Å². The van der Waals surface area contributed by atoms with E-state index in [-0.39, 0.29) is 10.8 Å². The molecule has 100 valence electrons. The molecule has 0 spiro atoms. The van der Waals surface area contributed by atoms with Crippen molar-refractivity contribution in [2.24, 2.45) is 0 Å². The van der Waals surface area contributed by atoms with Crippen LogP contribution in [-0.2, 0) is 6.54 Å². The largest absolute Gasteiger partial charge is 0.312 e. The zero-order valence-electron chi connectivity index (χ0n) is 10.9. The molecule has 1 atom stereocenters. The fourth-order valence-electron chi connectivity index (χ4n) is 2.01. The molecule has 0 aliphatic heterocycles. The van der Waals surface area contributed by atoms with Crippen molar-refractivity contribution in [3.8, 4) is 0 Å². The maximum absolute atomic E-state index is 13.7. The van der Waals surface area contributed by atoms with E-state index in [2.05, 4.69) is 24.4 Å². The Kier molecular flexibility index (Phi) is 4.94. The lowest BCUT2D eigenvalue weighted by Crippen LogP contribution is -2.20. The quantitative estimate of drug-likeness (QED) is 0.856. The smallest absolute Gasteiger partial charge is 0.146 e.